The van der Waals surface area contributed by atoms with E-state index < -0.39 is 0 Å². The van der Waals surface area contributed by atoms with Crippen molar-refractivity contribution in [2.24, 2.45) is 0 Å². The van der Waals surface area contributed by atoms with Crippen LogP contribution < -0.4 is 0 Å². The summed E-state index contributed by atoms with van der Waals surface area (Å²) in [6, 6.07) is 8.75. The zero-order valence-corrected chi connectivity index (χ0v) is 12.1. The first kappa shape index (κ1) is 11.1. The molecule has 0 amide bonds. The number of H-pyrrole nitrogens is 1. The van der Waals surface area contributed by atoms with Crippen LogP contribution in [0.15, 0.2) is 30.5 Å². The summed E-state index contributed by atoms with van der Waals surface area (Å²) in [5.74, 6) is 0. The summed E-state index contributed by atoms with van der Waals surface area (Å²) < 4.78 is 0.473. The van der Waals surface area contributed by atoms with Gasteiger partial charge < -0.3 is 4.98 Å². The Bertz CT molecular complexity index is 573. The van der Waals surface area contributed by atoms with E-state index in [0.717, 1.165) is 0 Å². The van der Waals surface area contributed by atoms with Gasteiger partial charge >= 0.3 is 0 Å². The molecule has 1 nitrogen and oxygen atoms in total. The highest BCUT2D eigenvalue weighted by Gasteiger charge is 2.48. The second-order valence-corrected chi connectivity index (χ2v) is 7.86. The minimum atomic E-state index is 0.453. The molecule has 1 heterocycles. The second kappa shape index (κ2) is 3.63. The zero-order valence-electron chi connectivity index (χ0n) is 10.5. The molecule has 2 heteroatoms. The van der Waals surface area contributed by atoms with Crippen LogP contribution in [-0.2, 0) is 5.41 Å². The molecule has 0 radical (unpaired) electrons. The molecule has 1 aromatic carbocycles. The number of hydrogen-bond donors (Lipinski definition) is 1. The molecule has 0 spiro atoms. The predicted molar refractivity (Wildman–Crippen MR) is 79.3 cm³/mol. The molecule has 3 saturated carbocycles. The van der Waals surface area contributed by atoms with E-state index >= 15 is 0 Å². The smallest absolute Gasteiger partial charge is 0.0457 e. The van der Waals surface area contributed by atoms with E-state index in [4.69, 9.17) is 0 Å². The van der Waals surface area contributed by atoms with Crippen LogP contribution in [-0.4, -0.2) is 9.31 Å². The number of nitrogens with one attached hydrogen (secondary N) is 1. The van der Waals surface area contributed by atoms with Crippen LogP contribution in [0.3, 0.4) is 0 Å². The average Bonchev–Trinajstić information content (AvgIpc) is 2.85. The highest BCUT2D eigenvalue weighted by atomic mass is 79.9. The summed E-state index contributed by atoms with van der Waals surface area (Å²) >= 11 is 3.96. The molecule has 3 fully saturated rings. The van der Waals surface area contributed by atoms with Crippen molar-refractivity contribution >= 4 is 26.8 Å². The van der Waals surface area contributed by atoms with Gasteiger partial charge in [0.15, 0.2) is 0 Å². The third-order valence-corrected chi connectivity index (χ3v) is 6.50. The van der Waals surface area contributed by atoms with Gasteiger partial charge in [-0.2, -0.15) is 0 Å². The lowest BCUT2D eigenvalue weighted by molar-refractivity contribution is 0.164. The Hall–Kier alpha value is -0.760. The highest BCUT2D eigenvalue weighted by Crippen LogP contribution is 2.57. The van der Waals surface area contributed by atoms with E-state index in [2.05, 4.69) is 51.4 Å². The Kier molecular flexibility index (Phi) is 2.24. The molecule has 1 N–H and O–H groups in total. The van der Waals surface area contributed by atoms with Gasteiger partial charge in [0.2, 0.25) is 0 Å². The van der Waals surface area contributed by atoms with Gasteiger partial charge in [-0.05, 0) is 55.6 Å². The number of para-hydroxylation sites is 1. The van der Waals surface area contributed by atoms with Crippen LogP contribution in [0.4, 0.5) is 0 Å². The second-order valence-electron chi connectivity index (χ2n) is 6.18. The number of aromatic nitrogens is 1. The first-order valence-electron chi connectivity index (χ1n) is 6.97. The summed E-state index contributed by atoms with van der Waals surface area (Å²) in [5.41, 5.74) is 3.32. The maximum Gasteiger partial charge on any atom is 0.0457 e. The number of fused-ring (bicyclic) bond motifs is 4. The van der Waals surface area contributed by atoms with Crippen molar-refractivity contribution in [1.82, 2.24) is 4.98 Å². The Morgan fingerprint density at radius 1 is 0.944 bits per heavy atom. The fourth-order valence-electron chi connectivity index (χ4n) is 4.05. The third-order valence-electron chi connectivity index (χ3n) is 5.32. The van der Waals surface area contributed by atoms with Crippen molar-refractivity contribution in [2.75, 3.05) is 0 Å². The van der Waals surface area contributed by atoms with Crippen LogP contribution in [0, 0.1) is 0 Å². The van der Waals surface area contributed by atoms with E-state index in [1.54, 1.807) is 5.56 Å². The summed E-state index contributed by atoms with van der Waals surface area (Å²) in [5, 5.41) is 1.45. The maximum absolute atomic E-state index is 3.96. The monoisotopic (exact) mass is 303 g/mol. The van der Waals surface area contributed by atoms with Gasteiger partial charge in [0, 0.05) is 21.4 Å². The van der Waals surface area contributed by atoms with Crippen LogP contribution in [0.2, 0.25) is 0 Å². The quantitative estimate of drug-likeness (QED) is 0.721. The minimum absolute atomic E-state index is 0.453. The number of halogens is 1. The molecule has 3 aliphatic rings. The number of alkyl halides is 1. The van der Waals surface area contributed by atoms with Crippen molar-refractivity contribution in [3.63, 3.8) is 0 Å². The zero-order chi connectivity index (χ0) is 12.2. The molecular formula is C16H18BrN. The number of benzene rings is 1. The largest absolute Gasteiger partial charge is 0.361 e. The number of aromatic amines is 1. The summed E-state index contributed by atoms with van der Waals surface area (Å²) in [4.78, 5) is 3.46. The molecule has 1 aromatic heterocycles. The standard InChI is InChI=1S/C16H18BrN/c17-16-8-5-15(6-9-16,7-10-16)13-11-18-14-4-2-1-3-12(13)14/h1-4,11,18H,5-10H2. The van der Waals surface area contributed by atoms with Crippen LogP contribution >= 0.6 is 15.9 Å². The topological polar surface area (TPSA) is 15.8 Å². The van der Waals surface area contributed by atoms with Crippen LogP contribution in [0.25, 0.3) is 10.9 Å². The SMILES string of the molecule is BrC12CCC(c3c[nH]c4ccccc34)(CC1)CC2. The Morgan fingerprint density at radius 3 is 2.33 bits per heavy atom. The molecule has 3 aliphatic carbocycles. The molecule has 94 valence electrons. The summed E-state index contributed by atoms with van der Waals surface area (Å²) in [6.07, 6.45) is 10.3. The Labute approximate surface area is 116 Å². The molecule has 18 heavy (non-hydrogen) atoms. The first-order chi connectivity index (χ1) is 8.71. The van der Waals surface area contributed by atoms with Gasteiger partial charge in [0.25, 0.3) is 0 Å². The summed E-state index contributed by atoms with van der Waals surface area (Å²) in [7, 11) is 0. The van der Waals surface area contributed by atoms with Crippen molar-refractivity contribution in [2.45, 2.75) is 48.3 Å². The van der Waals surface area contributed by atoms with Gasteiger partial charge in [-0.15, -0.1) is 0 Å². The molecule has 5 rings (SSSR count). The fourth-order valence-corrected chi connectivity index (χ4v) is 4.65. The lowest BCUT2D eigenvalue weighted by Crippen LogP contribution is -2.44. The molecule has 0 atom stereocenters. The fraction of sp³-hybridized carbons (Fsp3) is 0.500. The molecule has 2 bridgehead atoms. The Balaban J connectivity index is 1.83. The first-order valence-corrected chi connectivity index (χ1v) is 7.76. The lowest BCUT2D eigenvalue weighted by atomic mass is 9.58. The van der Waals surface area contributed by atoms with Gasteiger partial charge in [0.05, 0.1) is 0 Å². The van der Waals surface area contributed by atoms with Crippen molar-refractivity contribution in [3.8, 4) is 0 Å². The van der Waals surface area contributed by atoms with Crippen molar-refractivity contribution < 1.29 is 0 Å². The molecule has 0 saturated heterocycles. The van der Waals surface area contributed by atoms with Crippen molar-refractivity contribution in [3.05, 3.63) is 36.0 Å². The van der Waals surface area contributed by atoms with Gasteiger partial charge in [0.1, 0.15) is 0 Å². The van der Waals surface area contributed by atoms with E-state index in [1.807, 2.05) is 0 Å². The lowest BCUT2D eigenvalue weighted by Gasteiger charge is -2.51. The van der Waals surface area contributed by atoms with E-state index in [1.165, 1.54) is 49.4 Å². The highest BCUT2D eigenvalue weighted by molar-refractivity contribution is 9.10. The van der Waals surface area contributed by atoms with Gasteiger partial charge in [-0.25, -0.2) is 0 Å². The molecule has 0 aliphatic heterocycles. The number of hydrogen-bond acceptors (Lipinski definition) is 0. The van der Waals surface area contributed by atoms with Gasteiger partial charge in [-0.1, -0.05) is 34.1 Å². The predicted octanol–water partition coefficient (Wildman–Crippen LogP) is 4.91. The Morgan fingerprint density at radius 2 is 1.61 bits per heavy atom. The van der Waals surface area contributed by atoms with E-state index in [0.29, 0.717) is 9.74 Å². The average molecular weight is 304 g/mol. The van der Waals surface area contributed by atoms with Crippen LogP contribution in [0.1, 0.15) is 44.1 Å². The maximum atomic E-state index is 3.96. The molecule has 2 aromatic rings. The van der Waals surface area contributed by atoms with Crippen LogP contribution in [0.5, 0.6) is 0 Å². The van der Waals surface area contributed by atoms with Crippen molar-refractivity contribution in [1.29, 1.82) is 0 Å². The number of rotatable bonds is 1. The third kappa shape index (κ3) is 1.45. The molecular weight excluding hydrogens is 286 g/mol. The normalized spacial score (nSPS) is 35.2. The minimum Gasteiger partial charge on any atom is -0.361 e. The van der Waals surface area contributed by atoms with E-state index in [9.17, 15) is 0 Å². The van der Waals surface area contributed by atoms with Gasteiger partial charge in [-0.3, -0.25) is 0 Å². The molecule has 0 unspecified atom stereocenters. The summed E-state index contributed by atoms with van der Waals surface area (Å²) in [6.45, 7) is 0. The van der Waals surface area contributed by atoms with E-state index in [-0.39, 0.29) is 0 Å².